The first-order valence-electron chi connectivity index (χ1n) is 6.25. The van der Waals surface area contributed by atoms with Crippen LogP contribution in [0.1, 0.15) is 40.5 Å². The van der Waals surface area contributed by atoms with E-state index in [4.69, 9.17) is 5.11 Å². The Morgan fingerprint density at radius 1 is 1.29 bits per heavy atom. The lowest BCUT2D eigenvalue weighted by molar-refractivity contribution is -0.152. The number of rotatable bonds is 3. The van der Waals surface area contributed by atoms with Crippen LogP contribution in [0.25, 0.3) is 0 Å². The van der Waals surface area contributed by atoms with E-state index in [1.54, 1.807) is 13.8 Å². The second kappa shape index (κ2) is 5.07. The van der Waals surface area contributed by atoms with Gasteiger partial charge in [-0.1, -0.05) is 13.8 Å². The Balaban J connectivity index is 2.57. The van der Waals surface area contributed by atoms with E-state index in [9.17, 15) is 9.59 Å². The van der Waals surface area contributed by atoms with E-state index in [1.807, 2.05) is 4.90 Å². The molecular formula is C13H23NO3. The van der Waals surface area contributed by atoms with Gasteiger partial charge in [-0.05, 0) is 32.1 Å². The van der Waals surface area contributed by atoms with Gasteiger partial charge in [0, 0.05) is 19.5 Å². The van der Waals surface area contributed by atoms with E-state index in [0.717, 1.165) is 19.5 Å². The van der Waals surface area contributed by atoms with Crippen LogP contribution < -0.4 is 0 Å². The summed E-state index contributed by atoms with van der Waals surface area (Å²) in [6, 6.07) is 0. The molecule has 1 amide bonds. The highest BCUT2D eigenvalue weighted by Crippen LogP contribution is 2.26. The van der Waals surface area contributed by atoms with Crippen LogP contribution in [0.4, 0.5) is 0 Å². The number of hydrogen-bond donors (Lipinski definition) is 1. The summed E-state index contributed by atoms with van der Waals surface area (Å²) in [6.07, 6.45) is 1.10. The molecule has 2 unspecified atom stereocenters. The molecule has 0 aromatic carbocycles. The summed E-state index contributed by atoms with van der Waals surface area (Å²) in [5.41, 5.74) is -0.969. The number of amides is 1. The predicted octanol–water partition coefficient (Wildman–Crippen LogP) is 1.99. The lowest BCUT2D eigenvalue weighted by atomic mass is 9.86. The third-order valence-corrected chi connectivity index (χ3v) is 3.86. The molecular weight excluding hydrogens is 218 g/mol. The van der Waals surface area contributed by atoms with Gasteiger partial charge in [-0.25, -0.2) is 0 Å². The van der Waals surface area contributed by atoms with Crippen LogP contribution in [0.3, 0.4) is 0 Å². The highest BCUT2D eigenvalue weighted by Gasteiger charge is 2.34. The van der Waals surface area contributed by atoms with Crippen LogP contribution in [0.15, 0.2) is 0 Å². The fourth-order valence-corrected chi connectivity index (χ4v) is 2.05. The minimum absolute atomic E-state index is 0.0313. The predicted molar refractivity (Wildman–Crippen MR) is 65.6 cm³/mol. The van der Waals surface area contributed by atoms with Crippen molar-refractivity contribution < 1.29 is 14.7 Å². The molecule has 0 bridgehead atoms. The average molecular weight is 241 g/mol. The van der Waals surface area contributed by atoms with Crippen molar-refractivity contribution in [1.82, 2.24) is 4.90 Å². The summed E-state index contributed by atoms with van der Waals surface area (Å²) in [5.74, 6) is 0.201. The Morgan fingerprint density at radius 2 is 1.88 bits per heavy atom. The van der Waals surface area contributed by atoms with Gasteiger partial charge in [-0.2, -0.15) is 0 Å². The summed E-state index contributed by atoms with van der Waals surface area (Å²) >= 11 is 0. The number of carboxylic acids is 1. The Labute approximate surface area is 103 Å². The fraction of sp³-hybridized carbons (Fsp3) is 0.846. The smallest absolute Gasteiger partial charge is 0.309 e. The Hall–Kier alpha value is -1.06. The van der Waals surface area contributed by atoms with Crippen LogP contribution in [-0.4, -0.2) is 35.0 Å². The molecule has 1 heterocycles. The van der Waals surface area contributed by atoms with Crippen LogP contribution >= 0.6 is 0 Å². The zero-order valence-corrected chi connectivity index (χ0v) is 11.2. The van der Waals surface area contributed by atoms with Crippen molar-refractivity contribution >= 4 is 11.9 Å². The molecule has 0 radical (unpaired) electrons. The third kappa shape index (κ3) is 3.45. The number of carbonyl (C=O) groups excluding carboxylic acids is 1. The number of carbonyl (C=O) groups is 2. The van der Waals surface area contributed by atoms with E-state index in [-0.39, 0.29) is 12.3 Å². The summed E-state index contributed by atoms with van der Waals surface area (Å²) in [7, 11) is 0. The highest BCUT2D eigenvalue weighted by atomic mass is 16.4. The number of carboxylic acid groups (broad SMARTS) is 1. The molecule has 17 heavy (non-hydrogen) atoms. The van der Waals surface area contributed by atoms with Gasteiger partial charge in [-0.15, -0.1) is 0 Å². The summed E-state index contributed by atoms with van der Waals surface area (Å²) in [6.45, 7) is 9.07. The molecule has 1 saturated heterocycles. The fourth-order valence-electron chi connectivity index (χ4n) is 2.05. The molecule has 98 valence electrons. The molecule has 1 N–H and O–H groups in total. The topological polar surface area (TPSA) is 57.6 Å². The zero-order valence-electron chi connectivity index (χ0n) is 11.2. The van der Waals surface area contributed by atoms with Crippen molar-refractivity contribution in [3.8, 4) is 0 Å². The van der Waals surface area contributed by atoms with Crippen molar-refractivity contribution in [3.05, 3.63) is 0 Å². The quantitative estimate of drug-likeness (QED) is 0.822. The van der Waals surface area contributed by atoms with Crippen molar-refractivity contribution in [1.29, 1.82) is 0 Å². The van der Waals surface area contributed by atoms with E-state index < -0.39 is 11.4 Å². The van der Waals surface area contributed by atoms with E-state index in [1.165, 1.54) is 0 Å². The lowest BCUT2D eigenvalue weighted by Gasteiger charge is -2.36. The van der Waals surface area contributed by atoms with Gasteiger partial charge in [0.15, 0.2) is 0 Å². The number of nitrogens with zero attached hydrogens (tertiary/aromatic N) is 1. The van der Waals surface area contributed by atoms with Gasteiger partial charge in [0.2, 0.25) is 5.91 Å². The number of aliphatic carboxylic acids is 1. The lowest BCUT2D eigenvalue weighted by Crippen LogP contribution is -2.44. The van der Waals surface area contributed by atoms with E-state index >= 15 is 0 Å². The van der Waals surface area contributed by atoms with Crippen LogP contribution in [-0.2, 0) is 9.59 Å². The molecule has 1 aliphatic rings. The van der Waals surface area contributed by atoms with Crippen LogP contribution in [0.5, 0.6) is 0 Å². The summed E-state index contributed by atoms with van der Waals surface area (Å²) < 4.78 is 0. The van der Waals surface area contributed by atoms with Gasteiger partial charge < -0.3 is 10.0 Å². The van der Waals surface area contributed by atoms with Crippen molar-refractivity contribution in [2.45, 2.75) is 40.5 Å². The highest BCUT2D eigenvalue weighted by molar-refractivity contribution is 5.84. The van der Waals surface area contributed by atoms with Crippen molar-refractivity contribution in [3.63, 3.8) is 0 Å². The average Bonchev–Trinajstić information content (AvgIpc) is 2.21. The minimum atomic E-state index is -0.969. The first-order valence-corrected chi connectivity index (χ1v) is 6.25. The number of piperidine rings is 1. The number of likely N-dealkylation sites (tertiary alicyclic amines) is 1. The maximum atomic E-state index is 12.0. The Morgan fingerprint density at radius 3 is 2.35 bits per heavy atom. The normalized spacial score (nSPS) is 25.8. The standard InChI is InChI=1S/C13H23NO3/c1-9-5-6-14(8-10(9)2)11(15)7-13(3,4)12(16)17/h9-10H,5-8H2,1-4H3,(H,16,17). The van der Waals surface area contributed by atoms with Crippen molar-refractivity contribution in [2.75, 3.05) is 13.1 Å². The molecule has 0 aliphatic carbocycles. The van der Waals surface area contributed by atoms with Crippen LogP contribution in [0, 0.1) is 17.3 Å². The third-order valence-electron chi connectivity index (χ3n) is 3.86. The molecule has 0 spiro atoms. The molecule has 1 fully saturated rings. The van der Waals surface area contributed by atoms with Crippen LogP contribution in [0.2, 0.25) is 0 Å². The molecule has 0 aromatic rings. The molecule has 1 rings (SSSR count). The van der Waals surface area contributed by atoms with Crippen molar-refractivity contribution in [2.24, 2.45) is 17.3 Å². The molecule has 0 aromatic heterocycles. The monoisotopic (exact) mass is 241 g/mol. The molecule has 0 saturated carbocycles. The van der Waals surface area contributed by atoms with Gasteiger partial charge in [0.1, 0.15) is 0 Å². The van der Waals surface area contributed by atoms with E-state index in [2.05, 4.69) is 13.8 Å². The second-order valence-corrected chi connectivity index (χ2v) is 5.95. The van der Waals surface area contributed by atoms with E-state index in [0.29, 0.717) is 11.8 Å². The van der Waals surface area contributed by atoms with Gasteiger partial charge >= 0.3 is 5.97 Å². The van der Waals surface area contributed by atoms with Gasteiger partial charge in [-0.3, -0.25) is 9.59 Å². The largest absolute Gasteiger partial charge is 0.481 e. The molecule has 4 heteroatoms. The molecule has 1 aliphatic heterocycles. The minimum Gasteiger partial charge on any atom is -0.481 e. The summed E-state index contributed by atoms with van der Waals surface area (Å²) in [4.78, 5) is 24.8. The maximum absolute atomic E-state index is 12.0. The maximum Gasteiger partial charge on any atom is 0.309 e. The molecule has 4 nitrogen and oxygen atoms in total. The zero-order chi connectivity index (χ0) is 13.2. The first-order chi connectivity index (χ1) is 7.74. The Bertz CT molecular complexity index is 312. The molecule has 2 atom stereocenters. The number of hydrogen-bond acceptors (Lipinski definition) is 2. The summed E-state index contributed by atoms with van der Waals surface area (Å²) in [5, 5.41) is 9.01. The SMILES string of the molecule is CC1CCN(C(=O)CC(C)(C)C(=O)O)CC1C. The van der Waals surface area contributed by atoms with Gasteiger partial charge in [0.05, 0.1) is 5.41 Å². The second-order valence-electron chi connectivity index (χ2n) is 5.95. The first kappa shape index (κ1) is 14.0. The Kier molecular flexibility index (Phi) is 4.17. The van der Waals surface area contributed by atoms with Gasteiger partial charge in [0.25, 0.3) is 0 Å².